The summed E-state index contributed by atoms with van der Waals surface area (Å²) < 4.78 is 15.4. The molecule has 1 saturated carbocycles. The Labute approximate surface area is 158 Å². The van der Waals surface area contributed by atoms with Crippen molar-refractivity contribution >= 4 is 23.4 Å². The normalized spacial score (nSPS) is 15.6. The molecule has 1 aromatic heterocycles. The molecular formula is C19H25ClFN3S. The Bertz CT molecular complexity index is 698. The number of aromatic nitrogens is 3. The van der Waals surface area contributed by atoms with Crippen molar-refractivity contribution < 1.29 is 4.39 Å². The molecule has 0 atom stereocenters. The van der Waals surface area contributed by atoms with E-state index in [1.807, 2.05) is 0 Å². The van der Waals surface area contributed by atoms with Crippen LogP contribution in [-0.2, 0) is 18.7 Å². The molecule has 6 heteroatoms. The van der Waals surface area contributed by atoms with Crippen molar-refractivity contribution in [3.63, 3.8) is 0 Å². The minimum Gasteiger partial charge on any atom is -0.306 e. The highest BCUT2D eigenvalue weighted by atomic mass is 35.5. The summed E-state index contributed by atoms with van der Waals surface area (Å²) in [6, 6.07) is 4.54. The summed E-state index contributed by atoms with van der Waals surface area (Å²) in [5.41, 5.74) is 0.919. The minimum absolute atomic E-state index is 0.305. The van der Waals surface area contributed by atoms with Gasteiger partial charge < -0.3 is 4.57 Å². The highest BCUT2D eigenvalue weighted by molar-refractivity contribution is 7.98. The molecule has 1 aliphatic rings. The molecule has 0 spiro atoms. The molecule has 0 unspecified atom stereocenters. The fourth-order valence-corrected chi connectivity index (χ4v) is 4.86. The van der Waals surface area contributed by atoms with Crippen LogP contribution in [0.2, 0.25) is 5.02 Å². The van der Waals surface area contributed by atoms with Crippen LogP contribution in [0.5, 0.6) is 0 Å². The van der Waals surface area contributed by atoms with E-state index < -0.39 is 0 Å². The maximum atomic E-state index is 13.2. The summed E-state index contributed by atoms with van der Waals surface area (Å²) in [5.74, 6) is 2.30. The van der Waals surface area contributed by atoms with Gasteiger partial charge in [-0.3, -0.25) is 0 Å². The zero-order valence-corrected chi connectivity index (χ0v) is 16.3. The van der Waals surface area contributed by atoms with Gasteiger partial charge in [0, 0.05) is 23.7 Å². The summed E-state index contributed by atoms with van der Waals surface area (Å²) in [5, 5.41) is 10.2. The van der Waals surface area contributed by atoms with E-state index in [9.17, 15) is 4.39 Å². The smallest absolute Gasteiger partial charge is 0.191 e. The van der Waals surface area contributed by atoms with E-state index in [-0.39, 0.29) is 5.82 Å². The topological polar surface area (TPSA) is 30.7 Å². The average molecular weight is 382 g/mol. The number of aryl methyl sites for hydroxylation is 1. The van der Waals surface area contributed by atoms with Crippen molar-refractivity contribution in [2.75, 3.05) is 0 Å². The highest BCUT2D eigenvalue weighted by Crippen LogP contribution is 2.29. The molecule has 1 aliphatic carbocycles. The highest BCUT2D eigenvalue weighted by Gasteiger charge is 2.17. The van der Waals surface area contributed by atoms with Crippen LogP contribution >= 0.6 is 23.4 Å². The van der Waals surface area contributed by atoms with E-state index in [4.69, 9.17) is 11.6 Å². The van der Waals surface area contributed by atoms with E-state index in [0.29, 0.717) is 10.8 Å². The van der Waals surface area contributed by atoms with Gasteiger partial charge in [-0.25, -0.2) is 4.39 Å². The second-order valence-electron chi connectivity index (χ2n) is 6.71. The molecule has 3 nitrogen and oxygen atoms in total. The van der Waals surface area contributed by atoms with E-state index in [1.165, 1.54) is 50.7 Å². The number of benzene rings is 1. The molecule has 25 heavy (non-hydrogen) atoms. The lowest BCUT2D eigenvalue weighted by Crippen LogP contribution is -2.10. The Morgan fingerprint density at radius 2 is 2.04 bits per heavy atom. The second-order valence-corrected chi connectivity index (χ2v) is 8.06. The first-order valence-corrected chi connectivity index (χ1v) is 10.5. The number of rotatable bonds is 7. The third-order valence-corrected chi connectivity index (χ3v) is 6.35. The minimum atomic E-state index is -0.305. The van der Waals surface area contributed by atoms with Crippen LogP contribution in [0.25, 0.3) is 0 Å². The third kappa shape index (κ3) is 4.98. The number of hydrogen-bond donors (Lipinski definition) is 0. The predicted molar refractivity (Wildman–Crippen MR) is 102 cm³/mol. The van der Waals surface area contributed by atoms with Gasteiger partial charge in [-0.15, -0.1) is 10.2 Å². The Balaban J connectivity index is 1.60. The van der Waals surface area contributed by atoms with Gasteiger partial charge >= 0.3 is 0 Å². The van der Waals surface area contributed by atoms with Crippen LogP contribution in [0.3, 0.4) is 0 Å². The SMILES string of the molecule is CCn1c(CCC2CCCCC2)nnc1SCc1ccc(F)cc1Cl. The van der Waals surface area contributed by atoms with E-state index in [2.05, 4.69) is 21.7 Å². The average Bonchev–Trinajstić information content (AvgIpc) is 3.02. The van der Waals surface area contributed by atoms with Gasteiger partial charge in [-0.05, 0) is 37.0 Å². The predicted octanol–water partition coefficient (Wildman–Crippen LogP) is 5.90. The maximum absolute atomic E-state index is 13.2. The second kappa shape index (κ2) is 9.04. The molecule has 0 saturated heterocycles. The van der Waals surface area contributed by atoms with E-state index in [0.717, 1.165) is 35.4 Å². The summed E-state index contributed by atoms with van der Waals surface area (Å²) in [6.07, 6.45) is 9.11. The van der Waals surface area contributed by atoms with Crippen molar-refractivity contribution in [3.05, 3.63) is 40.4 Å². The molecule has 1 heterocycles. The van der Waals surface area contributed by atoms with Crippen LogP contribution in [-0.4, -0.2) is 14.8 Å². The fraction of sp³-hybridized carbons (Fsp3) is 0.579. The van der Waals surface area contributed by atoms with Crippen molar-refractivity contribution in [1.29, 1.82) is 0 Å². The van der Waals surface area contributed by atoms with Crippen molar-refractivity contribution in [2.24, 2.45) is 5.92 Å². The van der Waals surface area contributed by atoms with Crippen LogP contribution in [0.15, 0.2) is 23.4 Å². The Hall–Kier alpha value is -1.07. The standard InChI is InChI=1S/C19H25ClFN3S/c1-2-24-18(11-8-14-6-4-3-5-7-14)22-23-19(24)25-13-15-9-10-16(21)12-17(15)20/h9-10,12,14H,2-8,11,13H2,1H3. The Kier molecular flexibility index (Phi) is 6.77. The number of hydrogen-bond acceptors (Lipinski definition) is 3. The van der Waals surface area contributed by atoms with Gasteiger partial charge in [0.1, 0.15) is 11.6 Å². The van der Waals surface area contributed by atoms with Gasteiger partial charge in [0.15, 0.2) is 5.16 Å². The van der Waals surface area contributed by atoms with Crippen molar-refractivity contribution in [3.8, 4) is 0 Å². The molecule has 0 bridgehead atoms. The molecule has 136 valence electrons. The largest absolute Gasteiger partial charge is 0.306 e. The lowest BCUT2D eigenvalue weighted by atomic mass is 9.86. The lowest BCUT2D eigenvalue weighted by molar-refractivity contribution is 0.335. The monoisotopic (exact) mass is 381 g/mol. The summed E-state index contributed by atoms with van der Waals surface area (Å²) in [7, 11) is 0. The van der Waals surface area contributed by atoms with Crippen molar-refractivity contribution in [1.82, 2.24) is 14.8 Å². The molecule has 3 rings (SSSR count). The van der Waals surface area contributed by atoms with Gasteiger partial charge in [-0.1, -0.05) is 61.5 Å². The summed E-state index contributed by atoms with van der Waals surface area (Å²) >= 11 is 7.72. The Morgan fingerprint density at radius 1 is 1.24 bits per heavy atom. The van der Waals surface area contributed by atoms with Crippen LogP contribution in [0, 0.1) is 11.7 Å². The first-order valence-electron chi connectivity index (χ1n) is 9.16. The van der Waals surface area contributed by atoms with Crippen LogP contribution in [0.4, 0.5) is 4.39 Å². The zero-order chi connectivity index (χ0) is 17.6. The zero-order valence-electron chi connectivity index (χ0n) is 14.7. The van der Waals surface area contributed by atoms with Crippen LogP contribution < -0.4 is 0 Å². The summed E-state index contributed by atoms with van der Waals surface area (Å²) in [4.78, 5) is 0. The molecule has 0 radical (unpaired) electrons. The van der Waals surface area contributed by atoms with Gasteiger partial charge in [-0.2, -0.15) is 0 Å². The molecule has 0 aliphatic heterocycles. The molecule has 1 fully saturated rings. The van der Waals surface area contributed by atoms with E-state index in [1.54, 1.807) is 17.8 Å². The van der Waals surface area contributed by atoms with Gasteiger partial charge in [0.25, 0.3) is 0 Å². The van der Waals surface area contributed by atoms with Crippen molar-refractivity contribution in [2.45, 2.75) is 69.3 Å². The fourth-order valence-electron chi connectivity index (χ4n) is 3.52. The molecule has 1 aromatic carbocycles. The first kappa shape index (κ1) is 18.7. The molecular weight excluding hydrogens is 357 g/mol. The third-order valence-electron chi connectivity index (χ3n) is 4.98. The van der Waals surface area contributed by atoms with Gasteiger partial charge in [0.05, 0.1) is 0 Å². The first-order chi connectivity index (χ1) is 12.2. The number of halogens is 2. The maximum Gasteiger partial charge on any atom is 0.191 e. The lowest BCUT2D eigenvalue weighted by Gasteiger charge is -2.21. The summed E-state index contributed by atoms with van der Waals surface area (Å²) in [6.45, 7) is 2.99. The van der Waals surface area contributed by atoms with Gasteiger partial charge in [0.2, 0.25) is 0 Å². The Morgan fingerprint density at radius 3 is 2.76 bits per heavy atom. The molecule has 0 amide bonds. The van der Waals surface area contributed by atoms with E-state index >= 15 is 0 Å². The quantitative estimate of drug-likeness (QED) is 0.559. The number of nitrogens with zero attached hydrogens (tertiary/aromatic N) is 3. The number of thioether (sulfide) groups is 1. The van der Waals surface area contributed by atoms with Crippen LogP contribution in [0.1, 0.15) is 56.8 Å². The molecule has 2 aromatic rings. The molecule has 0 N–H and O–H groups in total.